The maximum Gasteiger partial charge on any atom is 0.387 e. The van der Waals surface area contributed by atoms with Crippen LogP contribution < -0.4 is 10.1 Å². The minimum absolute atomic E-state index is 0.0567. The van der Waals surface area contributed by atoms with Crippen molar-refractivity contribution in [2.75, 3.05) is 0 Å². The SMILES string of the molecule is Cc1ccc(C(=O)NCc2ccc(OC(F)F)cc2)c(O)c1. The largest absolute Gasteiger partial charge is 0.507 e. The van der Waals surface area contributed by atoms with Crippen LogP contribution in [0.5, 0.6) is 11.5 Å². The normalized spacial score (nSPS) is 10.5. The number of phenolic OH excluding ortho intramolecular Hbond substituents is 1. The maximum absolute atomic E-state index is 12.0. The highest BCUT2D eigenvalue weighted by Crippen LogP contribution is 2.19. The van der Waals surface area contributed by atoms with Crippen LogP contribution >= 0.6 is 0 Å². The Balaban J connectivity index is 1.96. The van der Waals surface area contributed by atoms with Crippen LogP contribution in [0.1, 0.15) is 21.5 Å². The van der Waals surface area contributed by atoms with Gasteiger partial charge in [-0.2, -0.15) is 8.78 Å². The van der Waals surface area contributed by atoms with Crippen LogP contribution in [0, 0.1) is 6.92 Å². The van der Waals surface area contributed by atoms with Crippen LogP contribution in [0.25, 0.3) is 0 Å². The molecule has 0 atom stereocenters. The zero-order chi connectivity index (χ0) is 16.1. The molecule has 0 aromatic heterocycles. The zero-order valence-corrected chi connectivity index (χ0v) is 11.8. The summed E-state index contributed by atoms with van der Waals surface area (Å²) in [6.07, 6.45) is 0. The number of phenols is 1. The van der Waals surface area contributed by atoms with Gasteiger partial charge in [0.05, 0.1) is 5.56 Å². The van der Waals surface area contributed by atoms with Crippen molar-refractivity contribution in [3.05, 3.63) is 59.2 Å². The maximum atomic E-state index is 12.0. The summed E-state index contributed by atoms with van der Waals surface area (Å²) in [5.74, 6) is -0.440. The molecule has 0 aliphatic heterocycles. The van der Waals surface area contributed by atoms with Gasteiger partial charge < -0.3 is 15.2 Å². The Bertz CT molecular complexity index is 657. The Morgan fingerprint density at radius 2 is 1.91 bits per heavy atom. The molecule has 0 heterocycles. The van der Waals surface area contributed by atoms with E-state index in [9.17, 15) is 18.7 Å². The van der Waals surface area contributed by atoms with Gasteiger partial charge in [0, 0.05) is 6.54 Å². The number of halogens is 2. The van der Waals surface area contributed by atoms with Gasteiger partial charge in [0.2, 0.25) is 0 Å². The number of nitrogens with one attached hydrogen (secondary N) is 1. The van der Waals surface area contributed by atoms with Crippen molar-refractivity contribution in [2.45, 2.75) is 20.1 Å². The van der Waals surface area contributed by atoms with E-state index in [1.165, 1.54) is 18.2 Å². The highest BCUT2D eigenvalue weighted by Gasteiger charge is 2.10. The molecule has 2 rings (SSSR count). The first-order chi connectivity index (χ1) is 10.5. The summed E-state index contributed by atoms with van der Waals surface area (Å²) in [6, 6.07) is 10.7. The quantitative estimate of drug-likeness (QED) is 0.891. The van der Waals surface area contributed by atoms with E-state index in [1.807, 2.05) is 6.92 Å². The fourth-order valence-electron chi connectivity index (χ4n) is 1.90. The molecule has 1 amide bonds. The predicted octanol–water partition coefficient (Wildman–Crippen LogP) is 3.23. The van der Waals surface area contributed by atoms with Gasteiger partial charge in [-0.15, -0.1) is 0 Å². The molecule has 2 aromatic rings. The lowest BCUT2D eigenvalue weighted by atomic mass is 10.1. The number of amides is 1. The second-order valence-corrected chi connectivity index (χ2v) is 4.73. The highest BCUT2D eigenvalue weighted by atomic mass is 19.3. The van der Waals surface area contributed by atoms with Gasteiger partial charge >= 0.3 is 6.61 Å². The van der Waals surface area contributed by atoms with E-state index in [-0.39, 0.29) is 23.6 Å². The Kier molecular flexibility index (Phi) is 4.93. The Labute approximate surface area is 126 Å². The lowest BCUT2D eigenvalue weighted by molar-refractivity contribution is -0.0498. The molecular weight excluding hydrogens is 292 g/mol. The van der Waals surface area contributed by atoms with Gasteiger partial charge in [0.25, 0.3) is 5.91 Å². The minimum atomic E-state index is -2.87. The number of hydrogen-bond donors (Lipinski definition) is 2. The molecular formula is C16H15F2NO3. The average molecular weight is 307 g/mol. The summed E-state index contributed by atoms with van der Waals surface area (Å²) in [4.78, 5) is 12.0. The number of aromatic hydroxyl groups is 1. The van der Waals surface area contributed by atoms with Crippen molar-refractivity contribution in [3.8, 4) is 11.5 Å². The van der Waals surface area contributed by atoms with Crippen LogP contribution in [0.2, 0.25) is 0 Å². The Hall–Kier alpha value is -2.63. The first-order valence-corrected chi connectivity index (χ1v) is 6.57. The molecule has 0 spiro atoms. The van der Waals surface area contributed by atoms with Crippen LogP contribution in [-0.2, 0) is 6.54 Å². The van der Waals surface area contributed by atoms with Crippen molar-refractivity contribution < 1.29 is 23.4 Å². The van der Waals surface area contributed by atoms with Crippen LogP contribution in [0.4, 0.5) is 8.78 Å². The second-order valence-electron chi connectivity index (χ2n) is 4.73. The lowest BCUT2D eigenvalue weighted by Gasteiger charge is -2.09. The van der Waals surface area contributed by atoms with E-state index < -0.39 is 12.5 Å². The summed E-state index contributed by atoms with van der Waals surface area (Å²) >= 11 is 0. The van der Waals surface area contributed by atoms with E-state index in [1.54, 1.807) is 24.3 Å². The molecule has 0 saturated carbocycles. The van der Waals surface area contributed by atoms with Crippen molar-refractivity contribution in [2.24, 2.45) is 0 Å². The Morgan fingerprint density at radius 3 is 2.50 bits per heavy atom. The molecule has 116 valence electrons. The first-order valence-electron chi connectivity index (χ1n) is 6.57. The number of carbonyl (C=O) groups excluding carboxylic acids is 1. The standard InChI is InChI=1S/C16H15F2NO3/c1-10-2-7-13(14(20)8-10)15(21)19-9-11-3-5-12(6-4-11)22-16(17)18/h2-8,16,20H,9H2,1H3,(H,19,21). The van der Waals surface area contributed by atoms with Crippen LogP contribution in [0.3, 0.4) is 0 Å². The molecule has 6 heteroatoms. The average Bonchev–Trinajstić information content (AvgIpc) is 2.45. The van der Waals surface area contributed by atoms with Crippen LogP contribution in [-0.4, -0.2) is 17.6 Å². The molecule has 0 saturated heterocycles. The monoisotopic (exact) mass is 307 g/mol. The summed E-state index contributed by atoms with van der Waals surface area (Å²) in [5, 5.41) is 12.4. The van der Waals surface area contributed by atoms with E-state index in [0.29, 0.717) is 0 Å². The third-order valence-corrected chi connectivity index (χ3v) is 3.00. The molecule has 0 unspecified atom stereocenters. The predicted molar refractivity (Wildman–Crippen MR) is 77.1 cm³/mol. The smallest absolute Gasteiger partial charge is 0.387 e. The van der Waals surface area contributed by atoms with Crippen molar-refractivity contribution in [1.82, 2.24) is 5.32 Å². The van der Waals surface area contributed by atoms with E-state index in [2.05, 4.69) is 10.1 Å². The molecule has 0 fully saturated rings. The molecule has 0 aliphatic rings. The fraction of sp³-hybridized carbons (Fsp3) is 0.188. The topological polar surface area (TPSA) is 58.6 Å². The van der Waals surface area contributed by atoms with Gasteiger partial charge in [-0.1, -0.05) is 18.2 Å². The first kappa shape index (κ1) is 15.8. The number of carbonyl (C=O) groups is 1. The summed E-state index contributed by atoms with van der Waals surface area (Å²) in [5.41, 5.74) is 1.76. The van der Waals surface area contributed by atoms with Gasteiger partial charge in [0.1, 0.15) is 11.5 Å². The number of ether oxygens (including phenoxy) is 1. The summed E-state index contributed by atoms with van der Waals surface area (Å²) in [7, 11) is 0. The highest BCUT2D eigenvalue weighted by molar-refractivity contribution is 5.96. The number of rotatable bonds is 5. The second kappa shape index (κ2) is 6.89. The molecule has 2 N–H and O–H groups in total. The van der Waals surface area contributed by atoms with Gasteiger partial charge in [-0.05, 0) is 42.3 Å². The van der Waals surface area contributed by atoms with Gasteiger partial charge in [-0.3, -0.25) is 4.79 Å². The number of aryl methyl sites for hydroxylation is 1. The van der Waals surface area contributed by atoms with Crippen LogP contribution in [0.15, 0.2) is 42.5 Å². The summed E-state index contributed by atoms with van der Waals surface area (Å²) in [6.45, 7) is -0.846. The number of hydrogen-bond acceptors (Lipinski definition) is 3. The van der Waals surface area contributed by atoms with Crippen molar-refractivity contribution in [3.63, 3.8) is 0 Å². The summed E-state index contributed by atoms with van der Waals surface area (Å²) < 4.78 is 28.3. The minimum Gasteiger partial charge on any atom is -0.507 e. The molecule has 0 radical (unpaired) electrons. The lowest BCUT2D eigenvalue weighted by Crippen LogP contribution is -2.22. The third kappa shape index (κ3) is 4.18. The number of alkyl halides is 2. The van der Waals surface area contributed by atoms with Gasteiger partial charge in [0.15, 0.2) is 0 Å². The van der Waals surface area contributed by atoms with E-state index in [0.717, 1.165) is 11.1 Å². The van der Waals surface area contributed by atoms with E-state index >= 15 is 0 Å². The Morgan fingerprint density at radius 1 is 1.23 bits per heavy atom. The fourth-order valence-corrected chi connectivity index (χ4v) is 1.90. The molecule has 22 heavy (non-hydrogen) atoms. The molecule has 0 aliphatic carbocycles. The third-order valence-electron chi connectivity index (χ3n) is 3.00. The van der Waals surface area contributed by atoms with Crippen molar-refractivity contribution >= 4 is 5.91 Å². The van der Waals surface area contributed by atoms with Gasteiger partial charge in [-0.25, -0.2) is 0 Å². The number of benzene rings is 2. The molecule has 2 aromatic carbocycles. The zero-order valence-electron chi connectivity index (χ0n) is 11.8. The van der Waals surface area contributed by atoms with E-state index in [4.69, 9.17) is 0 Å². The molecule has 0 bridgehead atoms. The molecule has 4 nitrogen and oxygen atoms in total. The van der Waals surface area contributed by atoms with Crippen molar-refractivity contribution in [1.29, 1.82) is 0 Å².